The lowest BCUT2D eigenvalue weighted by atomic mass is 10.2. The molecule has 5 nitrogen and oxygen atoms in total. The molecule has 0 heterocycles. The number of nitrogens with zero attached hydrogens (tertiary/aromatic N) is 1. The van der Waals surface area contributed by atoms with Gasteiger partial charge in [0, 0.05) is 42.9 Å². The highest BCUT2D eigenvalue weighted by molar-refractivity contribution is 14.0. The highest BCUT2D eigenvalue weighted by atomic mass is 127. The Morgan fingerprint density at radius 1 is 1.04 bits per heavy atom. The number of rotatable bonds is 9. The van der Waals surface area contributed by atoms with E-state index in [0.717, 1.165) is 35.9 Å². The number of guanidine groups is 1. The van der Waals surface area contributed by atoms with Crippen molar-refractivity contribution in [3.8, 4) is 0 Å². The van der Waals surface area contributed by atoms with Crippen LogP contribution in [0.4, 0.5) is 5.69 Å². The average Bonchev–Trinajstić information content (AvgIpc) is 2.69. The van der Waals surface area contributed by atoms with E-state index < -0.39 is 0 Å². The summed E-state index contributed by atoms with van der Waals surface area (Å²) < 4.78 is 0. The van der Waals surface area contributed by atoms with Crippen LogP contribution in [0.5, 0.6) is 0 Å². The molecule has 152 valence electrons. The van der Waals surface area contributed by atoms with Gasteiger partial charge in [0.1, 0.15) is 0 Å². The molecular formula is C21H29IN4OS. The minimum atomic E-state index is 0. The Hall–Kier alpha value is -1.74. The summed E-state index contributed by atoms with van der Waals surface area (Å²) in [4.78, 5) is 17.1. The molecule has 1 amide bonds. The number of carbonyl (C=O) groups is 1. The molecule has 2 rings (SSSR count). The van der Waals surface area contributed by atoms with Crippen molar-refractivity contribution in [1.82, 2.24) is 10.6 Å². The largest absolute Gasteiger partial charge is 0.356 e. The van der Waals surface area contributed by atoms with Crippen LogP contribution in [0.3, 0.4) is 0 Å². The predicted octanol–water partition coefficient (Wildman–Crippen LogP) is 4.50. The Bertz CT molecular complexity index is 723. The molecule has 2 aromatic rings. The molecule has 3 N–H and O–H groups in total. The van der Waals surface area contributed by atoms with Crippen molar-refractivity contribution >= 4 is 53.3 Å². The zero-order chi connectivity index (χ0) is 19.3. The fourth-order valence-electron chi connectivity index (χ4n) is 2.42. The summed E-state index contributed by atoms with van der Waals surface area (Å²) in [5.41, 5.74) is 1.96. The summed E-state index contributed by atoms with van der Waals surface area (Å²) in [6.45, 7) is 3.51. The van der Waals surface area contributed by atoms with Crippen molar-refractivity contribution in [3.05, 3.63) is 60.2 Å². The molecular weight excluding hydrogens is 483 g/mol. The van der Waals surface area contributed by atoms with Crippen molar-refractivity contribution in [1.29, 1.82) is 0 Å². The molecule has 0 aliphatic rings. The standard InChI is InChI=1S/C21H28N4OS.HI/c1-3-7-20(26)25-18-12-10-17(11-13-18)16-24-21(22-2)23-14-15-27-19-8-5-4-6-9-19;/h4-6,8-13H,3,7,14-16H2,1-2H3,(H,25,26)(H2,22,23,24);1H. The molecule has 0 saturated heterocycles. The molecule has 0 spiro atoms. The van der Waals surface area contributed by atoms with E-state index in [4.69, 9.17) is 0 Å². The number of nitrogens with one attached hydrogen (secondary N) is 3. The first-order valence-corrected chi connectivity index (χ1v) is 10.2. The second kappa shape index (κ2) is 14.3. The maximum absolute atomic E-state index is 11.6. The molecule has 28 heavy (non-hydrogen) atoms. The maximum Gasteiger partial charge on any atom is 0.224 e. The van der Waals surface area contributed by atoms with E-state index in [9.17, 15) is 4.79 Å². The van der Waals surface area contributed by atoms with Gasteiger partial charge in [0.25, 0.3) is 0 Å². The molecule has 0 fully saturated rings. The summed E-state index contributed by atoms with van der Waals surface area (Å²) in [6.07, 6.45) is 1.40. The fourth-order valence-corrected chi connectivity index (χ4v) is 3.21. The third-order valence-electron chi connectivity index (χ3n) is 3.80. The van der Waals surface area contributed by atoms with Crippen molar-refractivity contribution in [2.24, 2.45) is 4.99 Å². The molecule has 7 heteroatoms. The summed E-state index contributed by atoms with van der Waals surface area (Å²) in [5, 5.41) is 9.53. The van der Waals surface area contributed by atoms with E-state index in [-0.39, 0.29) is 29.9 Å². The lowest BCUT2D eigenvalue weighted by molar-refractivity contribution is -0.116. The fraction of sp³-hybridized carbons (Fsp3) is 0.333. The Balaban J connectivity index is 0.00000392. The third-order valence-corrected chi connectivity index (χ3v) is 4.82. The number of aliphatic imine (C=N–C) groups is 1. The van der Waals surface area contributed by atoms with Gasteiger partial charge in [-0.1, -0.05) is 37.3 Å². The van der Waals surface area contributed by atoms with Crippen LogP contribution in [-0.4, -0.2) is 31.2 Å². The quantitative estimate of drug-likeness (QED) is 0.152. The summed E-state index contributed by atoms with van der Waals surface area (Å²) in [6, 6.07) is 18.2. The monoisotopic (exact) mass is 512 g/mol. The van der Waals surface area contributed by atoms with Crippen molar-refractivity contribution in [3.63, 3.8) is 0 Å². The Morgan fingerprint density at radius 2 is 1.75 bits per heavy atom. The van der Waals surface area contributed by atoms with Gasteiger partial charge in [-0.25, -0.2) is 0 Å². The van der Waals surface area contributed by atoms with Crippen molar-refractivity contribution in [2.45, 2.75) is 31.2 Å². The van der Waals surface area contributed by atoms with Crippen molar-refractivity contribution in [2.75, 3.05) is 24.7 Å². The minimum Gasteiger partial charge on any atom is -0.356 e. The second-order valence-electron chi connectivity index (χ2n) is 6.01. The van der Waals surface area contributed by atoms with Gasteiger partial charge in [0.05, 0.1) is 0 Å². The van der Waals surface area contributed by atoms with Gasteiger partial charge in [0.15, 0.2) is 5.96 Å². The summed E-state index contributed by atoms with van der Waals surface area (Å²) in [5.74, 6) is 1.81. The Kier molecular flexibility index (Phi) is 12.4. The van der Waals surface area contributed by atoms with Gasteiger partial charge >= 0.3 is 0 Å². The van der Waals surface area contributed by atoms with Crippen LogP contribution in [0, 0.1) is 0 Å². The van der Waals surface area contributed by atoms with Crippen LogP contribution >= 0.6 is 35.7 Å². The molecule has 0 bridgehead atoms. The number of hydrogen-bond donors (Lipinski definition) is 3. The molecule has 2 aromatic carbocycles. The van der Waals surface area contributed by atoms with Crippen molar-refractivity contribution < 1.29 is 4.79 Å². The molecule has 0 unspecified atom stereocenters. The molecule has 0 radical (unpaired) electrons. The van der Waals surface area contributed by atoms with Crippen LogP contribution in [0.15, 0.2) is 64.5 Å². The number of thioether (sulfide) groups is 1. The van der Waals surface area contributed by atoms with Gasteiger partial charge in [-0.15, -0.1) is 35.7 Å². The van der Waals surface area contributed by atoms with E-state index in [1.165, 1.54) is 4.90 Å². The van der Waals surface area contributed by atoms with E-state index in [2.05, 4.69) is 45.2 Å². The smallest absolute Gasteiger partial charge is 0.224 e. The second-order valence-corrected chi connectivity index (χ2v) is 7.18. The number of carbonyl (C=O) groups excluding carboxylic acids is 1. The number of benzene rings is 2. The number of hydrogen-bond acceptors (Lipinski definition) is 3. The summed E-state index contributed by atoms with van der Waals surface area (Å²) >= 11 is 1.82. The average molecular weight is 512 g/mol. The van der Waals surface area contributed by atoms with E-state index in [1.807, 2.05) is 49.0 Å². The molecule has 0 atom stereocenters. The maximum atomic E-state index is 11.6. The molecule has 0 aromatic heterocycles. The zero-order valence-corrected chi connectivity index (χ0v) is 19.6. The highest BCUT2D eigenvalue weighted by Crippen LogP contribution is 2.15. The first kappa shape index (κ1) is 24.3. The molecule has 0 saturated carbocycles. The first-order valence-electron chi connectivity index (χ1n) is 9.22. The lowest BCUT2D eigenvalue weighted by Crippen LogP contribution is -2.37. The predicted molar refractivity (Wildman–Crippen MR) is 131 cm³/mol. The van der Waals surface area contributed by atoms with Crippen LogP contribution < -0.4 is 16.0 Å². The van der Waals surface area contributed by atoms with Gasteiger partial charge in [-0.2, -0.15) is 0 Å². The number of anilines is 1. The SMILES string of the molecule is CCCC(=O)Nc1ccc(CNC(=NC)NCCSc2ccccc2)cc1.I. The van der Waals surface area contributed by atoms with E-state index in [0.29, 0.717) is 13.0 Å². The number of amides is 1. The first-order chi connectivity index (χ1) is 13.2. The summed E-state index contributed by atoms with van der Waals surface area (Å²) in [7, 11) is 1.77. The van der Waals surface area contributed by atoms with Crippen LogP contribution in [0.1, 0.15) is 25.3 Å². The Morgan fingerprint density at radius 3 is 2.39 bits per heavy atom. The minimum absolute atomic E-state index is 0. The van der Waals surface area contributed by atoms with Gasteiger partial charge in [-0.05, 0) is 36.2 Å². The highest BCUT2D eigenvalue weighted by Gasteiger charge is 2.02. The zero-order valence-electron chi connectivity index (χ0n) is 16.4. The molecule has 0 aliphatic heterocycles. The van der Waals surface area contributed by atoms with Crippen LogP contribution in [0.2, 0.25) is 0 Å². The van der Waals surface area contributed by atoms with E-state index >= 15 is 0 Å². The van der Waals surface area contributed by atoms with E-state index in [1.54, 1.807) is 7.05 Å². The van der Waals surface area contributed by atoms with Gasteiger partial charge in [-0.3, -0.25) is 9.79 Å². The molecule has 0 aliphatic carbocycles. The third kappa shape index (κ3) is 9.45. The van der Waals surface area contributed by atoms with Crippen LogP contribution in [-0.2, 0) is 11.3 Å². The topological polar surface area (TPSA) is 65.5 Å². The number of halogens is 1. The van der Waals surface area contributed by atoms with Gasteiger partial charge < -0.3 is 16.0 Å². The lowest BCUT2D eigenvalue weighted by Gasteiger charge is -2.12. The van der Waals surface area contributed by atoms with Gasteiger partial charge in [0.2, 0.25) is 5.91 Å². The Labute approximate surface area is 189 Å². The normalized spacial score (nSPS) is 10.7. The van der Waals surface area contributed by atoms with Crippen LogP contribution in [0.25, 0.3) is 0 Å².